The third kappa shape index (κ3) is 4.66. The van der Waals surface area contributed by atoms with Crippen molar-refractivity contribution in [1.29, 1.82) is 0 Å². The number of guanidine groups is 1. The van der Waals surface area contributed by atoms with E-state index in [-0.39, 0.29) is 35.5 Å². The highest BCUT2D eigenvalue weighted by molar-refractivity contribution is 6.06. The monoisotopic (exact) mass is 423 g/mol. The summed E-state index contributed by atoms with van der Waals surface area (Å²) < 4.78 is 0. The molecular formula is C24H33N5O2. The summed E-state index contributed by atoms with van der Waals surface area (Å²) in [4.78, 5) is 33.5. The van der Waals surface area contributed by atoms with Gasteiger partial charge in [-0.2, -0.15) is 0 Å². The molecule has 31 heavy (non-hydrogen) atoms. The number of allylic oxidation sites excluding steroid dienone is 2. The van der Waals surface area contributed by atoms with Crippen LogP contribution in [0.25, 0.3) is 0 Å². The maximum atomic E-state index is 12.7. The highest BCUT2D eigenvalue weighted by Gasteiger charge is 2.58. The van der Waals surface area contributed by atoms with Gasteiger partial charge in [0.1, 0.15) is 0 Å². The van der Waals surface area contributed by atoms with Crippen molar-refractivity contribution in [3.05, 3.63) is 48.0 Å². The van der Waals surface area contributed by atoms with Gasteiger partial charge in [-0.1, -0.05) is 42.5 Å². The van der Waals surface area contributed by atoms with Gasteiger partial charge in [0.05, 0.1) is 11.8 Å². The number of aliphatic imine (C=N–C) groups is 1. The second-order valence-corrected chi connectivity index (χ2v) is 8.83. The number of carbonyl (C=O) groups excluding carboxylic acids is 2. The molecule has 1 saturated carbocycles. The van der Waals surface area contributed by atoms with Crippen LogP contribution in [-0.4, -0.2) is 67.8 Å². The molecule has 0 spiro atoms. The molecule has 3 aliphatic rings. The number of nitrogens with zero attached hydrogens (tertiary/aromatic N) is 3. The zero-order valence-corrected chi connectivity index (χ0v) is 18.5. The second kappa shape index (κ2) is 9.64. The zero-order chi connectivity index (χ0) is 21.8. The summed E-state index contributed by atoms with van der Waals surface area (Å²) >= 11 is 0. The van der Waals surface area contributed by atoms with Crippen LogP contribution in [0.15, 0.2) is 47.5 Å². The normalized spacial score (nSPS) is 26.8. The van der Waals surface area contributed by atoms with Crippen LogP contribution in [0.1, 0.15) is 18.4 Å². The van der Waals surface area contributed by atoms with Crippen molar-refractivity contribution in [3.63, 3.8) is 0 Å². The molecule has 4 rings (SSSR count). The maximum absolute atomic E-state index is 12.7. The van der Waals surface area contributed by atoms with E-state index in [2.05, 4.69) is 64.0 Å². The average Bonchev–Trinajstić information content (AvgIpc) is 3.45. The molecule has 4 atom stereocenters. The minimum atomic E-state index is -0.0993. The largest absolute Gasteiger partial charge is 0.356 e. The fraction of sp³-hybridized carbons (Fsp3) is 0.542. The van der Waals surface area contributed by atoms with E-state index < -0.39 is 0 Å². The van der Waals surface area contributed by atoms with E-state index in [0.717, 1.165) is 32.0 Å². The van der Waals surface area contributed by atoms with Gasteiger partial charge in [-0.3, -0.25) is 19.5 Å². The van der Waals surface area contributed by atoms with Crippen LogP contribution in [0.3, 0.4) is 0 Å². The minimum Gasteiger partial charge on any atom is -0.356 e. The van der Waals surface area contributed by atoms with Gasteiger partial charge in [-0.25, -0.2) is 0 Å². The van der Waals surface area contributed by atoms with E-state index in [4.69, 9.17) is 0 Å². The molecule has 0 radical (unpaired) electrons. The Labute approximate surface area is 184 Å². The van der Waals surface area contributed by atoms with Gasteiger partial charge in [0.2, 0.25) is 11.8 Å². The summed E-state index contributed by atoms with van der Waals surface area (Å²) in [6.07, 6.45) is 5.96. The van der Waals surface area contributed by atoms with Gasteiger partial charge in [-0.05, 0) is 37.3 Å². The first-order valence-corrected chi connectivity index (χ1v) is 11.3. The van der Waals surface area contributed by atoms with Gasteiger partial charge >= 0.3 is 0 Å². The number of hydrogen-bond donors (Lipinski definition) is 2. The Balaban J connectivity index is 1.13. The number of imide groups is 1. The molecule has 2 fully saturated rings. The van der Waals surface area contributed by atoms with Crippen molar-refractivity contribution in [2.45, 2.75) is 19.4 Å². The molecule has 1 aliphatic heterocycles. The van der Waals surface area contributed by atoms with E-state index in [9.17, 15) is 9.59 Å². The Morgan fingerprint density at radius 3 is 2.35 bits per heavy atom. The Hall–Kier alpha value is -2.67. The SMILES string of the molecule is CN=C(NCCCN1C(=O)C2C3C=CC(C3)C2C1=O)NCCN(C)Cc1ccccc1. The zero-order valence-electron chi connectivity index (χ0n) is 18.5. The molecule has 2 aliphatic carbocycles. The molecule has 7 nitrogen and oxygen atoms in total. The summed E-state index contributed by atoms with van der Waals surface area (Å²) in [6.45, 7) is 3.73. The van der Waals surface area contributed by atoms with Gasteiger partial charge in [0.15, 0.2) is 5.96 Å². The van der Waals surface area contributed by atoms with Crippen LogP contribution in [0.2, 0.25) is 0 Å². The minimum absolute atomic E-state index is 0.0378. The van der Waals surface area contributed by atoms with Crippen LogP contribution in [0, 0.1) is 23.7 Å². The van der Waals surface area contributed by atoms with Gasteiger partial charge in [0.25, 0.3) is 0 Å². The molecule has 1 aromatic carbocycles. The van der Waals surface area contributed by atoms with Crippen molar-refractivity contribution < 1.29 is 9.59 Å². The van der Waals surface area contributed by atoms with E-state index in [0.29, 0.717) is 19.5 Å². The highest BCUT2D eigenvalue weighted by Crippen LogP contribution is 2.52. The number of nitrogens with one attached hydrogen (secondary N) is 2. The summed E-state index contributed by atoms with van der Waals surface area (Å²) in [7, 11) is 3.85. The number of fused-ring (bicyclic) bond motifs is 5. The quantitative estimate of drug-likeness (QED) is 0.207. The van der Waals surface area contributed by atoms with E-state index in [1.807, 2.05) is 6.07 Å². The predicted octanol–water partition coefficient (Wildman–Crippen LogP) is 1.48. The van der Waals surface area contributed by atoms with E-state index in [1.54, 1.807) is 7.05 Å². The number of likely N-dealkylation sites (tertiary alicyclic amines) is 1. The Bertz CT molecular complexity index is 823. The smallest absolute Gasteiger partial charge is 0.233 e. The average molecular weight is 424 g/mol. The second-order valence-electron chi connectivity index (χ2n) is 8.83. The molecule has 0 aromatic heterocycles. The van der Waals surface area contributed by atoms with Crippen LogP contribution in [0.5, 0.6) is 0 Å². The van der Waals surface area contributed by atoms with Crippen LogP contribution in [0.4, 0.5) is 0 Å². The van der Waals surface area contributed by atoms with Gasteiger partial charge in [0, 0.05) is 39.8 Å². The van der Waals surface area contributed by atoms with E-state index >= 15 is 0 Å². The number of benzene rings is 1. The highest BCUT2D eigenvalue weighted by atomic mass is 16.2. The van der Waals surface area contributed by atoms with Crippen molar-refractivity contribution in [1.82, 2.24) is 20.4 Å². The van der Waals surface area contributed by atoms with Crippen LogP contribution >= 0.6 is 0 Å². The lowest BCUT2D eigenvalue weighted by Gasteiger charge is -2.19. The lowest BCUT2D eigenvalue weighted by molar-refractivity contribution is -0.140. The third-order valence-corrected chi connectivity index (χ3v) is 6.72. The number of likely N-dealkylation sites (N-methyl/N-ethyl adjacent to an activating group) is 1. The molecule has 2 N–H and O–H groups in total. The molecule has 1 saturated heterocycles. The van der Waals surface area contributed by atoms with E-state index in [1.165, 1.54) is 10.5 Å². The lowest BCUT2D eigenvalue weighted by Crippen LogP contribution is -2.42. The molecule has 1 heterocycles. The molecule has 1 aromatic rings. The third-order valence-electron chi connectivity index (χ3n) is 6.72. The fourth-order valence-corrected chi connectivity index (χ4v) is 5.19. The first kappa shape index (κ1) is 21.6. The number of amides is 2. The summed E-state index contributed by atoms with van der Waals surface area (Å²) in [5, 5.41) is 6.61. The fourth-order valence-electron chi connectivity index (χ4n) is 5.19. The van der Waals surface area contributed by atoms with Crippen LogP contribution < -0.4 is 10.6 Å². The molecule has 2 bridgehead atoms. The Morgan fingerprint density at radius 1 is 1.06 bits per heavy atom. The summed E-state index contributed by atoms with van der Waals surface area (Å²) in [5.74, 6) is 1.17. The summed E-state index contributed by atoms with van der Waals surface area (Å²) in [5.41, 5.74) is 1.30. The maximum Gasteiger partial charge on any atom is 0.233 e. The molecule has 166 valence electrons. The number of carbonyl (C=O) groups is 2. The lowest BCUT2D eigenvalue weighted by atomic mass is 9.85. The summed E-state index contributed by atoms with van der Waals surface area (Å²) in [6, 6.07) is 10.4. The van der Waals surface area contributed by atoms with Gasteiger partial charge in [-0.15, -0.1) is 0 Å². The molecule has 4 unspecified atom stereocenters. The van der Waals surface area contributed by atoms with Crippen molar-refractivity contribution in [2.75, 3.05) is 40.3 Å². The first-order valence-electron chi connectivity index (χ1n) is 11.3. The van der Waals surface area contributed by atoms with Crippen molar-refractivity contribution in [2.24, 2.45) is 28.7 Å². The molecule has 2 amide bonds. The topological polar surface area (TPSA) is 77.0 Å². The Kier molecular flexibility index (Phi) is 6.70. The predicted molar refractivity (Wildman–Crippen MR) is 121 cm³/mol. The number of rotatable bonds is 9. The van der Waals surface area contributed by atoms with Gasteiger partial charge < -0.3 is 15.5 Å². The van der Waals surface area contributed by atoms with Crippen molar-refractivity contribution in [3.8, 4) is 0 Å². The molecule has 7 heteroatoms. The Morgan fingerprint density at radius 2 is 1.71 bits per heavy atom. The number of hydrogen-bond acceptors (Lipinski definition) is 4. The van der Waals surface area contributed by atoms with Crippen molar-refractivity contribution >= 4 is 17.8 Å². The first-order chi connectivity index (χ1) is 15.1. The standard InChI is InChI=1S/C24H33N5O2/c1-25-24(27-12-14-28(2)16-17-7-4-3-5-8-17)26-11-6-13-29-22(30)20-18-9-10-19(15-18)21(20)23(29)31/h3-5,7-10,18-21H,6,11-16H2,1-2H3,(H2,25,26,27). The molecular weight excluding hydrogens is 390 g/mol. The van der Waals surface area contributed by atoms with Crippen LogP contribution in [-0.2, 0) is 16.1 Å².